The van der Waals surface area contributed by atoms with Gasteiger partial charge in [0.1, 0.15) is 48.8 Å². The van der Waals surface area contributed by atoms with E-state index in [1.54, 1.807) is 12.2 Å². The van der Waals surface area contributed by atoms with E-state index in [0.29, 0.717) is 25.9 Å². The minimum atomic E-state index is -1.73. The molecule has 20 nitrogen and oxygen atoms in total. The molecule has 1 aromatic heterocycles. The summed E-state index contributed by atoms with van der Waals surface area (Å²) in [6.45, 7) is 7.58. The molecule has 0 spiro atoms. The van der Waals surface area contributed by atoms with Gasteiger partial charge in [-0.15, -0.1) is 13.2 Å². The monoisotopic (exact) mass is 902 g/mol. The number of H-pyrrole nitrogens is 1. The van der Waals surface area contributed by atoms with E-state index < -0.39 is 129 Å². The van der Waals surface area contributed by atoms with Crippen LogP contribution in [0.1, 0.15) is 30.1 Å². The molecule has 0 saturated carbocycles. The predicted molar refractivity (Wildman–Crippen MR) is 220 cm³/mol. The van der Waals surface area contributed by atoms with E-state index in [0.717, 1.165) is 22.2 Å². The summed E-state index contributed by atoms with van der Waals surface area (Å²) < 4.78 is 45.5. The van der Waals surface area contributed by atoms with E-state index in [-0.39, 0.29) is 17.6 Å². The molecule has 2 saturated heterocycles. The van der Waals surface area contributed by atoms with Crippen LogP contribution in [-0.4, -0.2) is 177 Å². The second-order valence-corrected chi connectivity index (χ2v) is 16.5. The van der Waals surface area contributed by atoms with Gasteiger partial charge in [-0.1, -0.05) is 30.4 Å². The van der Waals surface area contributed by atoms with Crippen molar-refractivity contribution in [2.24, 2.45) is 23.7 Å². The number of carbonyl (C=O) groups excluding carboxylic acids is 2. The van der Waals surface area contributed by atoms with E-state index in [1.165, 1.54) is 26.7 Å². The Kier molecular flexibility index (Phi) is 15.3. The van der Waals surface area contributed by atoms with Gasteiger partial charge in [0.05, 0.1) is 57.1 Å². The van der Waals surface area contributed by atoms with Gasteiger partial charge >= 0.3 is 11.9 Å². The summed E-state index contributed by atoms with van der Waals surface area (Å²) in [6.07, 6.45) is -11.4. The number of nitrogens with zero attached hydrogens (tertiary/aromatic N) is 1. The van der Waals surface area contributed by atoms with Gasteiger partial charge in [-0.05, 0) is 37.4 Å². The average Bonchev–Trinajstić information content (AvgIpc) is 3.70. The van der Waals surface area contributed by atoms with Gasteiger partial charge in [-0.2, -0.15) is 0 Å². The average molecular weight is 903 g/mol. The molecule has 2 fully saturated rings. The van der Waals surface area contributed by atoms with Crippen molar-refractivity contribution in [3.8, 4) is 0 Å². The number of aliphatic hydroxyl groups is 8. The van der Waals surface area contributed by atoms with Crippen molar-refractivity contribution in [2.75, 3.05) is 40.5 Å². The van der Waals surface area contributed by atoms with Crippen molar-refractivity contribution < 1.29 is 88.3 Å². The summed E-state index contributed by atoms with van der Waals surface area (Å²) in [5.74, 6) is -4.23. The maximum atomic E-state index is 13.5. The Morgan fingerprint density at radius 3 is 1.78 bits per heavy atom. The van der Waals surface area contributed by atoms with E-state index in [1.807, 2.05) is 24.3 Å². The van der Waals surface area contributed by atoms with Crippen molar-refractivity contribution >= 4 is 22.8 Å². The lowest BCUT2D eigenvalue weighted by atomic mass is 9.77. The molecule has 5 aliphatic heterocycles. The smallest absolute Gasteiger partial charge is 0.337 e. The van der Waals surface area contributed by atoms with Crippen LogP contribution in [0.15, 0.2) is 73.2 Å². The number of carbonyl (C=O) groups is 2. The number of aromatic nitrogens is 1. The summed E-state index contributed by atoms with van der Waals surface area (Å²) in [7, 11) is 2.48. The molecular formula is C44H58N2O18. The predicted octanol–water partition coefficient (Wildman–Crippen LogP) is -0.856. The fourth-order valence-electron chi connectivity index (χ4n) is 9.57. The Morgan fingerprint density at radius 2 is 1.27 bits per heavy atom. The Balaban J connectivity index is 1.19. The molecule has 64 heavy (non-hydrogen) atoms. The molecule has 352 valence electrons. The zero-order valence-electron chi connectivity index (χ0n) is 35.4. The number of esters is 2. The van der Waals surface area contributed by atoms with Crippen LogP contribution in [0.4, 0.5) is 0 Å². The molecule has 6 heterocycles. The fraction of sp³-hybridized carbons (Fsp3) is 0.591. The van der Waals surface area contributed by atoms with Crippen LogP contribution >= 0.6 is 0 Å². The van der Waals surface area contributed by atoms with Crippen LogP contribution in [0, 0.1) is 23.7 Å². The minimum Gasteiger partial charge on any atom is -0.471 e. The van der Waals surface area contributed by atoms with Crippen LogP contribution in [0.25, 0.3) is 10.9 Å². The van der Waals surface area contributed by atoms with Gasteiger partial charge in [0.25, 0.3) is 0 Å². The van der Waals surface area contributed by atoms with Crippen molar-refractivity contribution in [1.82, 2.24) is 9.88 Å². The molecule has 5 aliphatic rings. The van der Waals surface area contributed by atoms with E-state index in [4.69, 9.17) is 37.9 Å². The van der Waals surface area contributed by atoms with E-state index >= 15 is 0 Å². The van der Waals surface area contributed by atoms with Crippen molar-refractivity contribution in [1.29, 1.82) is 0 Å². The number of hydrogen-bond donors (Lipinski definition) is 9. The van der Waals surface area contributed by atoms with Gasteiger partial charge < -0.3 is 83.7 Å². The number of benzene rings is 1. The highest BCUT2D eigenvalue weighted by Gasteiger charge is 2.50. The first-order chi connectivity index (χ1) is 30.8. The van der Waals surface area contributed by atoms with Gasteiger partial charge in [0.15, 0.2) is 12.6 Å². The van der Waals surface area contributed by atoms with Crippen molar-refractivity contribution in [3.63, 3.8) is 0 Å². The lowest BCUT2D eigenvalue weighted by Crippen LogP contribution is -2.60. The number of nitrogens with one attached hydrogen (secondary N) is 1. The Labute approximate surface area is 368 Å². The van der Waals surface area contributed by atoms with Gasteiger partial charge in [0.2, 0.25) is 12.6 Å². The highest BCUT2D eigenvalue weighted by molar-refractivity contribution is 5.89. The molecule has 20 heteroatoms. The summed E-state index contributed by atoms with van der Waals surface area (Å²) in [5, 5.41) is 83.8. The molecule has 9 N–H and O–H groups in total. The van der Waals surface area contributed by atoms with Gasteiger partial charge in [-0.25, -0.2) is 9.59 Å². The zero-order valence-corrected chi connectivity index (χ0v) is 35.4. The molecule has 0 aliphatic carbocycles. The third kappa shape index (κ3) is 9.12. The lowest BCUT2D eigenvalue weighted by molar-refractivity contribution is -0.339. The first-order valence-electron chi connectivity index (χ1n) is 21.2. The number of hydrogen-bond acceptors (Lipinski definition) is 19. The third-order valence-electron chi connectivity index (χ3n) is 13.1. The second kappa shape index (κ2) is 20.5. The molecule has 17 atom stereocenters. The fourth-order valence-corrected chi connectivity index (χ4v) is 9.57. The lowest BCUT2D eigenvalue weighted by Gasteiger charge is -2.45. The molecule has 0 amide bonds. The topological polar surface area (TPSA) is 289 Å². The molecule has 0 bridgehead atoms. The maximum Gasteiger partial charge on any atom is 0.337 e. The maximum absolute atomic E-state index is 13.5. The van der Waals surface area contributed by atoms with Crippen LogP contribution in [0.5, 0.6) is 0 Å². The van der Waals surface area contributed by atoms with E-state index in [9.17, 15) is 50.4 Å². The van der Waals surface area contributed by atoms with Crippen LogP contribution < -0.4 is 0 Å². The number of fused-ring (bicyclic) bond motifs is 3. The van der Waals surface area contributed by atoms with Crippen molar-refractivity contribution in [3.05, 3.63) is 84.5 Å². The van der Waals surface area contributed by atoms with Crippen LogP contribution in [-0.2, 0) is 53.9 Å². The SMILES string of the molecule is C=C[C@@H]1[C@@H](O[C@@H]2O[C@@H](CO)[C@@H](O)[C@@H](O)[C@@H]2O)OC=C(C(=O)OC)[C@H]1C[C@H]1c2[nH]c3ccccc3c2CCN1CC[C@@H]1C(C(=O)OC)=CO[C@@H](O[C@@H]2O[C@@H](CO)[C@@H](O)[C@@H](O)[C@@H]2O)[C@@H]1C=C. The highest BCUT2D eigenvalue weighted by atomic mass is 16.8. The first-order valence-corrected chi connectivity index (χ1v) is 21.2. The minimum absolute atomic E-state index is 0.171. The molecule has 7 rings (SSSR count). The quantitative estimate of drug-likeness (QED) is 0.0777. The number of aliphatic hydroxyl groups excluding tert-OH is 8. The standard InChI is InChI=1S/C44H58N2O18/c1-5-20-22(26(39(55)57-3)18-59-41(20)63-43-37(53)35(51)33(49)30(16-47)61-43)11-13-46-14-12-24-23-9-7-8-10-28(23)45-32(24)29(46)15-25-21(6-2)42(60-19-27(25)40(56)58-4)64-44-38(54)36(52)34(50)31(17-48)62-44/h5-10,18-22,25,29-31,33-38,41-45,47-54H,1-2,11-17H2,3-4H3/t20-,21+,22+,25+,29+,30+,31+,33-,34-,35-,36-,37+,38+,41+,42-,43+,44+/m1/s1. The summed E-state index contributed by atoms with van der Waals surface area (Å²) in [5.41, 5.74) is 3.22. The zero-order chi connectivity index (χ0) is 46.0. The Morgan fingerprint density at radius 1 is 0.750 bits per heavy atom. The molecule has 1 aromatic carbocycles. The van der Waals surface area contributed by atoms with Gasteiger partial charge in [-0.3, -0.25) is 4.90 Å². The second-order valence-electron chi connectivity index (χ2n) is 16.5. The summed E-state index contributed by atoms with van der Waals surface area (Å²) >= 11 is 0. The Bertz CT molecular complexity index is 2040. The molecule has 0 unspecified atom stereocenters. The third-order valence-corrected chi connectivity index (χ3v) is 13.1. The normalized spacial score (nSPS) is 37.9. The van der Waals surface area contributed by atoms with Crippen LogP contribution in [0.2, 0.25) is 0 Å². The first kappa shape index (κ1) is 47.7. The summed E-state index contributed by atoms with van der Waals surface area (Å²) in [4.78, 5) is 32.6. The van der Waals surface area contributed by atoms with Gasteiger partial charge in [0, 0.05) is 46.8 Å². The number of methoxy groups -OCH3 is 2. The molecule has 2 aromatic rings. The number of para-hydroxylation sites is 1. The molecular weight excluding hydrogens is 844 g/mol. The molecule has 0 radical (unpaired) electrons. The number of aromatic amines is 1. The van der Waals surface area contributed by atoms with Crippen LogP contribution in [0.3, 0.4) is 0 Å². The van der Waals surface area contributed by atoms with Crippen molar-refractivity contribution in [2.45, 2.75) is 99.3 Å². The largest absolute Gasteiger partial charge is 0.471 e. The summed E-state index contributed by atoms with van der Waals surface area (Å²) in [6, 6.07) is 7.44. The number of ether oxygens (including phenoxy) is 8. The number of rotatable bonds is 15. The highest BCUT2D eigenvalue weighted by Crippen LogP contribution is 2.46. The Hall–Kier alpha value is -4.26. The van der Waals surface area contributed by atoms with E-state index in [2.05, 4.69) is 23.0 Å².